The molecule has 0 radical (unpaired) electrons. The Hall–Kier alpha value is -1.03. The Morgan fingerprint density at radius 2 is 2.55 bits per heavy atom. The van der Waals surface area contributed by atoms with Crippen LogP contribution in [0.5, 0.6) is 0 Å². The third-order valence-electron chi connectivity index (χ3n) is 1.49. The summed E-state index contributed by atoms with van der Waals surface area (Å²) in [6, 6.07) is 0. The molecule has 0 aliphatic rings. The molecule has 11 heavy (non-hydrogen) atoms. The molecule has 4 nitrogen and oxygen atoms in total. The van der Waals surface area contributed by atoms with E-state index in [1.807, 2.05) is 17.8 Å². The van der Waals surface area contributed by atoms with Gasteiger partial charge in [0.15, 0.2) is 0 Å². The topological polar surface area (TPSA) is 55.9 Å². The number of hydrogen-bond acceptors (Lipinski definition) is 3. The summed E-state index contributed by atoms with van der Waals surface area (Å²) in [5.41, 5.74) is 5.34. The molecule has 0 amide bonds. The summed E-state index contributed by atoms with van der Waals surface area (Å²) in [5.74, 6) is 0.901. The highest BCUT2D eigenvalue weighted by atomic mass is 15.2. The van der Waals surface area contributed by atoms with Crippen molar-refractivity contribution in [2.24, 2.45) is 12.8 Å². The average molecular weight is 154 g/mol. The smallest absolute Gasteiger partial charge is 0.202 e. The molecule has 0 spiro atoms. The van der Waals surface area contributed by atoms with Crippen LogP contribution in [0.4, 0.5) is 5.95 Å². The maximum Gasteiger partial charge on any atom is 0.202 e. The predicted octanol–water partition coefficient (Wildman–Crippen LogP) is 0.181. The number of hydrogen-bond donors (Lipinski definition) is 2. The van der Waals surface area contributed by atoms with Gasteiger partial charge in [0.05, 0.1) is 0 Å². The number of nitrogens with one attached hydrogen (secondary N) is 1. The van der Waals surface area contributed by atoms with Crippen molar-refractivity contribution in [2.75, 3.05) is 18.4 Å². The van der Waals surface area contributed by atoms with E-state index in [9.17, 15) is 0 Å². The summed E-state index contributed by atoms with van der Waals surface area (Å²) >= 11 is 0. The fraction of sp³-hybridized carbons (Fsp3) is 0.571. The summed E-state index contributed by atoms with van der Waals surface area (Å²) in [6.07, 6.45) is 4.66. The van der Waals surface area contributed by atoms with Crippen molar-refractivity contribution in [3.8, 4) is 0 Å². The number of imidazole rings is 1. The largest absolute Gasteiger partial charge is 0.356 e. The highest BCUT2D eigenvalue weighted by Gasteiger charge is 1.94. The first kappa shape index (κ1) is 8.07. The molecule has 0 aromatic carbocycles. The molecule has 1 aromatic heterocycles. The maximum atomic E-state index is 5.34. The Bertz CT molecular complexity index is 206. The van der Waals surface area contributed by atoms with Crippen molar-refractivity contribution in [3.05, 3.63) is 12.4 Å². The lowest BCUT2D eigenvalue weighted by Gasteiger charge is -2.03. The zero-order valence-electron chi connectivity index (χ0n) is 6.75. The Balaban J connectivity index is 2.32. The van der Waals surface area contributed by atoms with E-state index in [0.717, 1.165) is 25.5 Å². The van der Waals surface area contributed by atoms with Crippen molar-refractivity contribution in [2.45, 2.75) is 6.42 Å². The van der Waals surface area contributed by atoms with Crippen molar-refractivity contribution in [1.29, 1.82) is 0 Å². The zero-order chi connectivity index (χ0) is 8.10. The Morgan fingerprint density at radius 1 is 1.73 bits per heavy atom. The van der Waals surface area contributed by atoms with Crippen molar-refractivity contribution >= 4 is 5.95 Å². The summed E-state index contributed by atoms with van der Waals surface area (Å²) in [5, 5.41) is 3.17. The van der Waals surface area contributed by atoms with E-state index in [-0.39, 0.29) is 0 Å². The van der Waals surface area contributed by atoms with Crippen molar-refractivity contribution in [1.82, 2.24) is 9.55 Å². The standard InChI is InChI=1S/C7H14N4/c1-11-6-5-10-7(11)9-4-2-3-8/h5-6H,2-4,8H2,1H3,(H,9,10). The average Bonchev–Trinajstić information content (AvgIpc) is 2.37. The van der Waals surface area contributed by atoms with Gasteiger partial charge < -0.3 is 15.6 Å². The molecule has 0 unspecified atom stereocenters. The van der Waals surface area contributed by atoms with Gasteiger partial charge in [0.1, 0.15) is 0 Å². The van der Waals surface area contributed by atoms with Gasteiger partial charge in [-0.2, -0.15) is 0 Å². The first-order valence-electron chi connectivity index (χ1n) is 3.76. The fourth-order valence-electron chi connectivity index (χ4n) is 0.838. The lowest BCUT2D eigenvalue weighted by molar-refractivity contribution is 0.840. The van der Waals surface area contributed by atoms with Gasteiger partial charge in [-0.1, -0.05) is 0 Å². The Morgan fingerprint density at radius 3 is 3.09 bits per heavy atom. The third-order valence-corrected chi connectivity index (χ3v) is 1.49. The summed E-state index contributed by atoms with van der Waals surface area (Å²) in [4.78, 5) is 4.10. The third kappa shape index (κ3) is 2.23. The highest BCUT2D eigenvalue weighted by Crippen LogP contribution is 1.99. The molecule has 4 heteroatoms. The molecule has 0 fully saturated rings. The molecule has 0 aliphatic heterocycles. The summed E-state index contributed by atoms with van der Waals surface area (Å²) in [6.45, 7) is 1.61. The lowest BCUT2D eigenvalue weighted by atomic mass is 10.4. The van der Waals surface area contributed by atoms with Crippen molar-refractivity contribution < 1.29 is 0 Å². The molecule has 62 valence electrons. The van der Waals surface area contributed by atoms with Gasteiger partial charge in [0, 0.05) is 26.0 Å². The molecule has 0 aliphatic carbocycles. The van der Waals surface area contributed by atoms with Crippen LogP contribution in [0.25, 0.3) is 0 Å². The van der Waals surface area contributed by atoms with E-state index in [2.05, 4.69) is 10.3 Å². The van der Waals surface area contributed by atoms with Gasteiger partial charge in [-0.3, -0.25) is 0 Å². The molecule has 0 saturated carbocycles. The normalized spacial score (nSPS) is 10.0. The van der Waals surface area contributed by atoms with E-state index in [1.54, 1.807) is 6.20 Å². The van der Waals surface area contributed by atoms with E-state index < -0.39 is 0 Å². The van der Waals surface area contributed by atoms with Crippen LogP contribution in [0.15, 0.2) is 12.4 Å². The Labute approximate surface area is 66.4 Å². The molecule has 0 saturated heterocycles. The van der Waals surface area contributed by atoms with Crippen LogP contribution in [-0.4, -0.2) is 22.6 Å². The zero-order valence-corrected chi connectivity index (χ0v) is 6.75. The van der Waals surface area contributed by atoms with Crippen LogP contribution in [0.3, 0.4) is 0 Å². The number of aryl methyl sites for hydroxylation is 1. The highest BCUT2D eigenvalue weighted by molar-refractivity contribution is 5.24. The van der Waals surface area contributed by atoms with E-state index in [0.29, 0.717) is 0 Å². The van der Waals surface area contributed by atoms with Gasteiger partial charge in [-0.15, -0.1) is 0 Å². The van der Waals surface area contributed by atoms with Gasteiger partial charge in [0.25, 0.3) is 0 Å². The van der Waals surface area contributed by atoms with Crippen LogP contribution in [0.1, 0.15) is 6.42 Å². The summed E-state index contributed by atoms with van der Waals surface area (Å²) in [7, 11) is 1.96. The van der Waals surface area contributed by atoms with Crippen LogP contribution in [0, 0.1) is 0 Å². The summed E-state index contributed by atoms with van der Waals surface area (Å²) < 4.78 is 1.94. The first-order valence-corrected chi connectivity index (χ1v) is 3.76. The Kier molecular flexibility index (Phi) is 2.92. The molecule has 0 atom stereocenters. The number of aromatic nitrogens is 2. The van der Waals surface area contributed by atoms with Crippen LogP contribution in [0.2, 0.25) is 0 Å². The second kappa shape index (κ2) is 3.98. The van der Waals surface area contributed by atoms with E-state index >= 15 is 0 Å². The molecule has 0 bridgehead atoms. The molecule has 1 aromatic rings. The minimum atomic E-state index is 0.720. The van der Waals surface area contributed by atoms with Gasteiger partial charge in [-0.05, 0) is 13.0 Å². The molecule has 1 rings (SSSR count). The van der Waals surface area contributed by atoms with Crippen molar-refractivity contribution in [3.63, 3.8) is 0 Å². The van der Waals surface area contributed by atoms with E-state index in [4.69, 9.17) is 5.73 Å². The molecular formula is C7H14N4. The minimum absolute atomic E-state index is 0.720. The van der Waals surface area contributed by atoms with Gasteiger partial charge >= 0.3 is 0 Å². The monoisotopic (exact) mass is 154 g/mol. The van der Waals surface area contributed by atoms with Gasteiger partial charge in [0.2, 0.25) is 5.95 Å². The second-order valence-electron chi connectivity index (χ2n) is 2.43. The number of nitrogens with two attached hydrogens (primary N) is 1. The molecule has 3 N–H and O–H groups in total. The SMILES string of the molecule is Cn1ccnc1NCCCN. The quantitative estimate of drug-likeness (QED) is 0.608. The van der Waals surface area contributed by atoms with Gasteiger partial charge in [-0.25, -0.2) is 4.98 Å². The predicted molar refractivity (Wildman–Crippen MR) is 45.4 cm³/mol. The van der Waals surface area contributed by atoms with Crippen LogP contribution >= 0.6 is 0 Å². The number of anilines is 1. The molecule has 1 heterocycles. The minimum Gasteiger partial charge on any atom is -0.356 e. The number of rotatable bonds is 4. The maximum absolute atomic E-state index is 5.34. The second-order valence-corrected chi connectivity index (χ2v) is 2.43. The fourth-order valence-corrected chi connectivity index (χ4v) is 0.838. The lowest BCUT2D eigenvalue weighted by Crippen LogP contribution is -2.10. The molecular weight excluding hydrogens is 140 g/mol. The first-order chi connectivity index (χ1) is 5.34. The van der Waals surface area contributed by atoms with Crippen LogP contribution < -0.4 is 11.1 Å². The van der Waals surface area contributed by atoms with E-state index in [1.165, 1.54) is 0 Å². The number of nitrogens with zero attached hydrogens (tertiary/aromatic N) is 2. The van der Waals surface area contributed by atoms with Crippen LogP contribution in [-0.2, 0) is 7.05 Å².